The second-order valence-corrected chi connectivity index (χ2v) is 7.29. The summed E-state index contributed by atoms with van der Waals surface area (Å²) in [5, 5.41) is 0. The molecule has 148 valence electrons. The fraction of sp³-hybridized carbons (Fsp3) is 0.476. The Kier molecular flexibility index (Phi) is 4.50. The SMILES string of the molecule is COC(=O)C1=C(C(=O)OC)C2(C3CCc4cc(OC)ccc4C3=O)CCC1O2. The quantitative estimate of drug-likeness (QED) is 0.732. The third kappa shape index (κ3) is 2.49. The number of carbonyl (C=O) groups excluding carboxylic acids is 3. The Balaban J connectivity index is 1.79. The van der Waals surface area contributed by atoms with E-state index in [2.05, 4.69) is 0 Å². The van der Waals surface area contributed by atoms with Crippen LogP contribution >= 0.6 is 0 Å². The third-order valence-corrected chi connectivity index (χ3v) is 6.10. The van der Waals surface area contributed by atoms with Crippen LogP contribution in [0.2, 0.25) is 0 Å². The number of carbonyl (C=O) groups is 3. The van der Waals surface area contributed by atoms with Crippen molar-refractivity contribution in [2.75, 3.05) is 21.3 Å². The van der Waals surface area contributed by atoms with Crippen LogP contribution in [0.4, 0.5) is 0 Å². The lowest BCUT2D eigenvalue weighted by Crippen LogP contribution is -2.47. The molecular formula is C21H22O7. The maximum absolute atomic E-state index is 13.4. The first kappa shape index (κ1) is 18.7. The second kappa shape index (κ2) is 6.74. The van der Waals surface area contributed by atoms with Gasteiger partial charge in [-0.2, -0.15) is 0 Å². The van der Waals surface area contributed by atoms with Crippen molar-refractivity contribution in [1.82, 2.24) is 0 Å². The van der Waals surface area contributed by atoms with Crippen LogP contribution in [-0.2, 0) is 30.2 Å². The van der Waals surface area contributed by atoms with Gasteiger partial charge in [0.05, 0.1) is 44.5 Å². The van der Waals surface area contributed by atoms with Crippen LogP contribution < -0.4 is 4.74 Å². The summed E-state index contributed by atoms with van der Waals surface area (Å²) in [6.45, 7) is 0. The van der Waals surface area contributed by atoms with E-state index in [1.54, 1.807) is 19.2 Å². The van der Waals surface area contributed by atoms with Gasteiger partial charge in [0.2, 0.25) is 0 Å². The first-order valence-corrected chi connectivity index (χ1v) is 9.27. The van der Waals surface area contributed by atoms with Crippen LogP contribution in [0.15, 0.2) is 29.3 Å². The number of benzene rings is 1. The van der Waals surface area contributed by atoms with Crippen LogP contribution in [0.25, 0.3) is 0 Å². The third-order valence-electron chi connectivity index (χ3n) is 6.10. The normalized spacial score (nSPS) is 28.2. The average Bonchev–Trinajstić information content (AvgIpc) is 3.29. The number of aryl methyl sites for hydroxylation is 1. The number of esters is 2. The molecule has 1 fully saturated rings. The summed E-state index contributed by atoms with van der Waals surface area (Å²) in [4.78, 5) is 38.3. The zero-order chi connectivity index (χ0) is 20.1. The van der Waals surface area contributed by atoms with Gasteiger partial charge in [0.1, 0.15) is 11.4 Å². The van der Waals surface area contributed by atoms with Gasteiger partial charge in [-0.05, 0) is 49.4 Å². The molecule has 7 heteroatoms. The first-order chi connectivity index (χ1) is 13.5. The van der Waals surface area contributed by atoms with Crippen LogP contribution in [0.5, 0.6) is 5.75 Å². The number of methoxy groups -OCH3 is 3. The summed E-state index contributed by atoms with van der Waals surface area (Å²) in [5.74, 6) is -1.20. The van der Waals surface area contributed by atoms with Crippen molar-refractivity contribution in [2.45, 2.75) is 37.4 Å². The van der Waals surface area contributed by atoms with Crippen molar-refractivity contribution < 1.29 is 33.3 Å². The van der Waals surface area contributed by atoms with E-state index in [4.69, 9.17) is 18.9 Å². The van der Waals surface area contributed by atoms with Crippen molar-refractivity contribution >= 4 is 17.7 Å². The van der Waals surface area contributed by atoms with E-state index < -0.39 is 29.6 Å². The van der Waals surface area contributed by atoms with Crippen molar-refractivity contribution in [3.8, 4) is 5.75 Å². The van der Waals surface area contributed by atoms with E-state index >= 15 is 0 Å². The van der Waals surface area contributed by atoms with Crippen molar-refractivity contribution in [3.05, 3.63) is 40.5 Å². The molecule has 1 aromatic rings. The van der Waals surface area contributed by atoms with Crippen molar-refractivity contribution in [2.24, 2.45) is 5.92 Å². The summed E-state index contributed by atoms with van der Waals surface area (Å²) in [7, 11) is 4.10. The number of hydrogen-bond acceptors (Lipinski definition) is 7. The molecule has 7 nitrogen and oxygen atoms in total. The number of fused-ring (bicyclic) bond motifs is 3. The molecule has 0 aromatic heterocycles. The Morgan fingerprint density at radius 2 is 1.86 bits per heavy atom. The molecule has 1 aliphatic carbocycles. The first-order valence-electron chi connectivity index (χ1n) is 9.27. The minimum absolute atomic E-state index is 0.0860. The van der Waals surface area contributed by atoms with Gasteiger partial charge in [-0.3, -0.25) is 4.79 Å². The molecule has 3 atom stereocenters. The summed E-state index contributed by atoms with van der Waals surface area (Å²) in [6, 6.07) is 5.37. The maximum atomic E-state index is 13.4. The zero-order valence-electron chi connectivity index (χ0n) is 16.1. The summed E-state index contributed by atoms with van der Waals surface area (Å²) in [5.41, 5.74) is 0.716. The number of Topliss-reactive ketones (excluding diaryl/α,β-unsaturated/α-hetero) is 1. The lowest BCUT2D eigenvalue weighted by atomic mass is 9.67. The molecule has 2 aliphatic heterocycles. The Bertz CT molecular complexity index is 900. The predicted molar refractivity (Wildman–Crippen MR) is 97.0 cm³/mol. The molecule has 0 radical (unpaired) electrons. The van der Waals surface area contributed by atoms with Gasteiger partial charge in [-0.15, -0.1) is 0 Å². The standard InChI is InChI=1S/C21H22O7/c1-25-12-5-6-13-11(10-12)4-7-14(18(13)22)21-9-8-15(28-21)16(19(23)26-2)17(21)20(24)27-3/h5-6,10,14-15H,4,7-9H2,1-3H3. The molecule has 0 N–H and O–H groups in total. The highest BCUT2D eigenvalue weighted by Gasteiger charge is 2.62. The van der Waals surface area contributed by atoms with Gasteiger partial charge in [0.15, 0.2) is 5.78 Å². The molecule has 0 amide bonds. The predicted octanol–water partition coefficient (Wildman–Crippen LogP) is 2.01. The van der Waals surface area contributed by atoms with Gasteiger partial charge in [-0.25, -0.2) is 9.59 Å². The van der Waals surface area contributed by atoms with Crippen LogP contribution in [-0.4, -0.2) is 50.8 Å². The fourth-order valence-corrected chi connectivity index (χ4v) is 4.86. The molecule has 1 saturated heterocycles. The second-order valence-electron chi connectivity index (χ2n) is 7.29. The van der Waals surface area contributed by atoms with E-state index in [1.807, 2.05) is 6.07 Å². The van der Waals surface area contributed by atoms with E-state index in [9.17, 15) is 14.4 Å². The minimum atomic E-state index is -1.14. The van der Waals surface area contributed by atoms with Gasteiger partial charge >= 0.3 is 11.9 Å². The molecule has 0 spiro atoms. The average molecular weight is 386 g/mol. The smallest absolute Gasteiger partial charge is 0.337 e. The molecule has 3 unspecified atom stereocenters. The zero-order valence-corrected chi connectivity index (χ0v) is 16.1. The summed E-state index contributed by atoms with van der Waals surface area (Å²) in [6.07, 6.45) is 1.67. The van der Waals surface area contributed by atoms with Crippen LogP contribution in [0.1, 0.15) is 35.2 Å². The molecule has 0 saturated carbocycles. The highest BCUT2D eigenvalue weighted by molar-refractivity contribution is 6.07. The van der Waals surface area contributed by atoms with E-state index in [0.717, 1.165) is 5.56 Å². The summed E-state index contributed by atoms with van der Waals surface area (Å²) >= 11 is 0. The lowest BCUT2D eigenvalue weighted by molar-refractivity contribution is -0.140. The molecule has 28 heavy (non-hydrogen) atoms. The number of rotatable bonds is 4. The molecule has 1 aromatic carbocycles. The van der Waals surface area contributed by atoms with E-state index in [1.165, 1.54) is 14.2 Å². The Hall–Kier alpha value is -2.67. The molecule has 2 bridgehead atoms. The molecule has 3 aliphatic rings. The highest BCUT2D eigenvalue weighted by atomic mass is 16.6. The van der Waals surface area contributed by atoms with Crippen molar-refractivity contribution in [3.63, 3.8) is 0 Å². The summed E-state index contributed by atoms with van der Waals surface area (Å²) < 4.78 is 21.2. The van der Waals surface area contributed by atoms with Gasteiger partial charge < -0.3 is 18.9 Å². The van der Waals surface area contributed by atoms with E-state index in [0.29, 0.717) is 37.0 Å². The molecule has 4 rings (SSSR count). The van der Waals surface area contributed by atoms with Gasteiger partial charge in [0, 0.05) is 5.56 Å². The fourth-order valence-electron chi connectivity index (χ4n) is 4.86. The topological polar surface area (TPSA) is 88.1 Å². The largest absolute Gasteiger partial charge is 0.497 e. The molecular weight excluding hydrogens is 364 g/mol. The van der Waals surface area contributed by atoms with Gasteiger partial charge in [0.25, 0.3) is 0 Å². The van der Waals surface area contributed by atoms with Crippen LogP contribution in [0.3, 0.4) is 0 Å². The number of ketones is 1. The molecule has 2 heterocycles. The Morgan fingerprint density at radius 3 is 2.54 bits per heavy atom. The highest BCUT2D eigenvalue weighted by Crippen LogP contribution is 2.54. The van der Waals surface area contributed by atoms with E-state index in [-0.39, 0.29) is 16.9 Å². The monoisotopic (exact) mass is 386 g/mol. The van der Waals surface area contributed by atoms with Crippen LogP contribution in [0, 0.1) is 5.92 Å². The Morgan fingerprint density at radius 1 is 1.11 bits per heavy atom. The minimum Gasteiger partial charge on any atom is -0.497 e. The lowest BCUT2D eigenvalue weighted by Gasteiger charge is -2.37. The Labute approximate surface area is 162 Å². The number of hydrogen-bond donors (Lipinski definition) is 0. The maximum Gasteiger partial charge on any atom is 0.337 e. The van der Waals surface area contributed by atoms with Gasteiger partial charge in [-0.1, -0.05) is 0 Å². The van der Waals surface area contributed by atoms with Crippen molar-refractivity contribution in [1.29, 1.82) is 0 Å². The number of ether oxygens (including phenoxy) is 4.